The molecule has 4 rings (SSSR count). The van der Waals surface area contributed by atoms with Crippen LogP contribution in [0.1, 0.15) is 69.8 Å². The Balaban J connectivity index is 0.000000479. The van der Waals surface area contributed by atoms with E-state index in [9.17, 15) is 18.0 Å². The summed E-state index contributed by atoms with van der Waals surface area (Å²) < 4.78 is 53.8. The molecule has 1 atom stereocenters. The molecule has 9 nitrogen and oxygen atoms in total. The first-order chi connectivity index (χ1) is 17.4. The average Bonchev–Trinajstić information content (AvgIpc) is 3.18. The molecule has 0 aliphatic carbocycles. The number of alkyl halides is 2. The van der Waals surface area contributed by atoms with Crippen molar-refractivity contribution in [2.45, 2.75) is 58.6 Å². The molecule has 202 valence electrons. The van der Waals surface area contributed by atoms with E-state index in [1.807, 2.05) is 20.8 Å². The van der Waals surface area contributed by atoms with Crippen molar-refractivity contribution in [1.29, 1.82) is 0 Å². The van der Waals surface area contributed by atoms with E-state index in [1.54, 1.807) is 13.8 Å². The molecule has 0 spiro atoms. The normalized spacial score (nSPS) is 14.6. The van der Waals surface area contributed by atoms with Crippen molar-refractivity contribution in [1.82, 2.24) is 25.1 Å². The number of hydrogen-bond acceptors (Lipinski definition) is 8. The number of halogens is 4. The summed E-state index contributed by atoms with van der Waals surface area (Å²) in [6, 6.07) is 0.808. The van der Waals surface area contributed by atoms with Gasteiger partial charge in [-0.1, -0.05) is 11.6 Å². The zero-order chi connectivity index (χ0) is 27.5. The minimum Gasteiger partial charge on any atom is -0.493 e. The molecule has 0 amide bonds. The second kappa shape index (κ2) is 11.5. The highest BCUT2D eigenvalue weighted by molar-refractivity contribution is 6.31. The maximum absolute atomic E-state index is 14.9. The van der Waals surface area contributed by atoms with Crippen LogP contribution in [0.5, 0.6) is 5.75 Å². The van der Waals surface area contributed by atoms with Crippen LogP contribution in [0.25, 0.3) is 11.0 Å². The van der Waals surface area contributed by atoms with Gasteiger partial charge in [0, 0.05) is 30.1 Å². The summed E-state index contributed by atoms with van der Waals surface area (Å²) in [6.45, 7) is 10.9. The molecular weight excluding hydrogens is 513 g/mol. The Bertz CT molecular complexity index is 1260. The Morgan fingerprint density at radius 1 is 1.32 bits per heavy atom. The summed E-state index contributed by atoms with van der Waals surface area (Å²) in [5.74, 6) is -0.368. The predicted molar refractivity (Wildman–Crippen MR) is 134 cm³/mol. The maximum atomic E-state index is 14.9. The van der Waals surface area contributed by atoms with Gasteiger partial charge in [0.25, 0.3) is 12.9 Å². The van der Waals surface area contributed by atoms with E-state index in [2.05, 4.69) is 25.1 Å². The Hall–Kier alpha value is -3.12. The highest BCUT2D eigenvalue weighted by Crippen LogP contribution is 2.42. The van der Waals surface area contributed by atoms with E-state index in [4.69, 9.17) is 22.1 Å². The van der Waals surface area contributed by atoms with E-state index in [-0.39, 0.29) is 33.4 Å². The number of ether oxygens (including phenoxy) is 2. The zero-order valence-electron chi connectivity index (χ0n) is 21.2. The van der Waals surface area contributed by atoms with Crippen molar-refractivity contribution in [3.05, 3.63) is 40.1 Å². The van der Waals surface area contributed by atoms with Gasteiger partial charge in [0.2, 0.25) is 0 Å². The summed E-state index contributed by atoms with van der Waals surface area (Å²) in [6.07, 6.45) is -1.68. The second-order valence-electron chi connectivity index (χ2n) is 9.38. The molecule has 13 heteroatoms. The van der Waals surface area contributed by atoms with E-state index >= 15 is 0 Å². The largest absolute Gasteiger partial charge is 0.493 e. The number of nitrogens with zero attached hydrogens (tertiary/aromatic N) is 4. The van der Waals surface area contributed by atoms with Gasteiger partial charge in [-0.15, -0.1) is 0 Å². The lowest BCUT2D eigenvalue weighted by Crippen LogP contribution is -2.40. The molecule has 1 aromatic carbocycles. The fourth-order valence-electron chi connectivity index (χ4n) is 3.84. The zero-order valence-corrected chi connectivity index (χ0v) is 21.9. The number of nitrogens with two attached hydrogens (primary N) is 1. The van der Waals surface area contributed by atoms with Crippen LogP contribution in [-0.4, -0.2) is 51.5 Å². The van der Waals surface area contributed by atoms with Gasteiger partial charge in [0.1, 0.15) is 35.0 Å². The van der Waals surface area contributed by atoms with Gasteiger partial charge in [-0.25, -0.2) is 27.8 Å². The van der Waals surface area contributed by atoms with E-state index < -0.39 is 24.0 Å². The van der Waals surface area contributed by atoms with E-state index in [0.29, 0.717) is 43.0 Å². The fraction of sp³-hybridized carbons (Fsp3) is 0.500. The first-order valence-corrected chi connectivity index (χ1v) is 12.0. The quantitative estimate of drug-likeness (QED) is 0.409. The van der Waals surface area contributed by atoms with Gasteiger partial charge in [0.15, 0.2) is 5.65 Å². The van der Waals surface area contributed by atoms with Gasteiger partial charge in [-0.3, -0.25) is 4.79 Å². The van der Waals surface area contributed by atoms with Gasteiger partial charge < -0.3 is 20.5 Å². The van der Waals surface area contributed by atoms with E-state index in [0.717, 1.165) is 0 Å². The number of carbonyl (C=O) groups excluding carboxylic acids is 1. The number of rotatable bonds is 7. The second-order valence-corrected chi connectivity index (χ2v) is 9.79. The standard InChI is InChI=1S/C19H20ClF3N6O.C5H10O2/c1-3-30-16-10(4-11(20)14(21)12(16)9-5-25-6-9)8(2)29-19-13(15(28-29)17(22)23)18(24)26-7-27-19;1-5(2,3)7-4-6/h4,7-9,17,25H,3,5-6H2,1-2H3,(H2,24,26,27);4H,1-3H3. The molecular formula is C24H30ClF3N6O3. The number of hydrogen-bond donors (Lipinski definition) is 2. The Morgan fingerprint density at radius 3 is 2.49 bits per heavy atom. The molecule has 1 saturated heterocycles. The Morgan fingerprint density at radius 2 is 2.00 bits per heavy atom. The van der Waals surface area contributed by atoms with Crippen LogP contribution in [0.3, 0.4) is 0 Å². The highest BCUT2D eigenvalue weighted by atomic mass is 35.5. The van der Waals surface area contributed by atoms with Crippen LogP contribution in [0.15, 0.2) is 12.4 Å². The number of aromatic nitrogens is 4. The number of anilines is 1. The highest BCUT2D eigenvalue weighted by Gasteiger charge is 2.32. The number of nitrogens with one attached hydrogen (secondary N) is 1. The lowest BCUT2D eigenvalue weighted by atomic mass is 9.89. The summed E-state index contributed by atoms with van der Waals surface area (Å²) >= 11 is 6.20. The molecule has 2 aromatic heterocycles. The van der Waals surface area contributed by atoms with Crippen LogP contribution >= 0.6 is 11.6 Å². The fourth-order valence-corrected chi connectivity index (χ4v) is 4.06. The third kappa shape index (κ3) is 6.07. The summed E-state index contributed by atoms with van der Waals surface area (Å²) in [5.41, 5.74) is 6.04. The topological polar surface area (TPSA) is 117 Å². The predicted octanol–water partition coefficient (Wildman–Crippen LogP) is 4.79. The number of nitrogen functional groups attached to an aromatic ring is 1. The molecule has 3 aromatic rings. The van der Waals surface area contributed by atoms with Gasteiger partial charge in [-0.05, 0) is 40.7 Å². The lowest BCUT2D eigenvalue weighted by molar-refractivity contribution is -0.138. The molecule has 1 aliphatic heterocycles. The molecule has 0 bridgehead atoms. The molecule has 3 N–H and O–H groups in total. The smallest absolute Gasteiger partial charge is 0.293 e. The van der Waals surface area contributed by atoms with Crippen molar-refractivity contribution in [2.24, 2.45) is 0 Å². The number of fused-ring (bicyclic) bond motifs is 1. The number of benzene rings is 1. The van der Waals surface area contributed by atoms with Crippen LogP contribution in [0, 0.1) is 5.82 Å². The van der Waals surface area contributed by atoms with Crippen LogP contribution in [0.4, 0.5) is 19.0 Å². The van der Waals surface area contributed by atoms with Crippen molar-refractivity contribution in [3.63, 3.8) is 0 Å². The average molecular weight is 543 g/mol. The van der Waals surface area contributed by atoms with Crippen LogP contribution in [-0.2, 0) is 9.53 Å². The molecule has 1 fully saturated rings. The maximum Gasteiger partial charge on any atom is 0.293 e. The molecule has 0 radical (unpaired) electrons. The van der Waals surface area contributed by atoms with Crippen molar-refractivity contribution in [2.75, 3.05) is 25.4 Å². The van der Waals surface area contributed by atoms with Gasteiger partial charge in [-0.2, -0.15) is 5.10 Å². The summed E-state index contributed by atoms with van der Waals surface area (Å²) in [5, 5.41) is 7.10. The van der Waals surface area contributed by atoms with Crippen molar-refractivity contribution < 1.29 is 27.4 Å². The molecule has 3 heterocycles. The SMILES string of the molecule is CC(C)(C)OC=O.CCOc1c(C(C)n2nc(C(F)F)c3c(N)ncnc32)cc(Cl)c(F)c1C1CNC1. The Kier molecular flexibility index (Phi) is 8.85. The Labute approximate surface area is 217 Å². The minimum absolute atomic E-state index is 0.00562. The third-order valence-corrected chi connectivity index (χ3v) is 5.96. The molecule has 37 heavy (non-hydrogen) atoms. The van der Waals surface area contributed by atoms with Crippen molar-refractivity contribution in [3.8, 4) is 5.75 Å². The van der Waals surface area contributed by atoms with Crippen LogP contribution < -0.4 is 15.8 Å². The summed E-state index contributed by atoms with van der Waals surface area (Å²) in [4.78, 5) is 17.5. The first kappa shape index (κ1) is 28.5. The van der Waals surface area contributed by atoms with E-state index in [1.165, 1.54) is 17.1 Å². The molecule has 1 aliphatic rings. The lowest BCUT2D eigenvalue weighted by Gasteiger charge is -2.31. The number of carbonyl (C=O) groups is 1. The molecule has 1 unspecified atom stereocenters. The monoisotopic (exact) mass is 542 g/mol. The third-order valence-electron chi connectivity index (χ3n) is 5.68. The van der Waals surface area contributed by atoms with Gasteiger partial charge in [0.05, 0.1) is 23.1 Å². The van der Waals surface area contributed by atoms with Crippen molar-refractivity contribution >= 4 is 34.9 Å². The first-order valence-electron chi connectivity index (χ1n) is 11.6. The summed E-state index contributed by atoms with van der Waals surface area (Å²) in [7, 11) is 0. The minimum atomic E-state index is -2.87. The van der Waals surface area contributed by atoms with Gasteiger partial charge >= 0.3 is 0 Å². The van der Waals surface area contributed by atoms with Crippen LogP contribution in [0.2, 0.25) is 5.02 Å². The molecule has 0 saturated carbocycles.